The number of rotatable bonds is 7. The lowest BCUT2D eigenvalue weighted by molar-refractivity contribution is 0.0888. The number of piperidine rings is 1. The Labute approximate surface area is 92.2 Å². The van der Waals surface area contributed by atoms with E-state index in [0.717, 1.165) is 19.1 Å². The average molecular weight is 217 g/mol. The lowest BCUT2D eigenvalue weighted by Crippen LogP contribution is -2.30. The summed E-state index contributed by atoms with van der Waals surface area (Å²) in [7, 11) is 0. The van der Waals surface area contributed by atoms with Crippen molar-refractivity contribution >= 4 is 11.8 Å². The van der Waals surface area contributed by atoms with Crippen molar-refractivity contribution in [3.05, 3.63) is 0 Å². The third kappa shape index (κ3) is 5.89. The fourth-order valence-electron chi connectivity index (χ4n) is 1.71. The van der Waals surface area contributed by atoms with E-state index in [2.05, 4.69) is 12.2 Å². The largest absolute Gasteiger partial charge is 0.381 e. The minimum Gasteiger partial charge on any atom is -0.381 e. The van der Waals surface area contributed by atoms with Crippen molar-refractivity contribution in [2.45, 2.75) is 26.2 Å². The van der Waals surface area contributed by atoms with E-state index in [1.807, 2.05) is 11.8 Å². The summed E-state index contributed by atoms with van der Waals surface area (Å²) in [5.41, 5.74) is 0. The fraction of sp³-hybridized carbons (Fsp3) is 1.00. The van der Waals surface area contributed by atoms with Crippen LogP contribution in [0, 0.1) is 5.92 Å². The van der Waals surface area contributed by atoms with Gasteiger partial charge in [0.2, 0.25) is 0 Å². The average Bonchev–Trinajstić information content (AvgIpc) is 2.25. The van der Waals surface area contributed by atoms with Crippen LogP contribution in [0.1, 0.15) is 26.2 Å². The van der Waals surface area contributed by atoms with Crippen molar-refractivity contribution in [2.24, 2.45) is 5.92 Å². The third-order valence-corrected chi connectivity index (χ3v) is 3.58. The molecule has 0 aromatic carbocycles. The van der Waals surface area contributed by atoms with Gasteiger partial charge in [-0.25, -0.2) is 0 Å². The van der Waals surface area contributed by atoms with Gasteiger partial charge in [-0.2, -0.15) is 11.8 Å². The van der Waals surface area contributed by atoms with Crippen molar-refractivity contribution in [3.63, 3.8) is 0 Å². The molecule has 0 unspecified atom stereocenters. The zero-order valence-electron chi connectivity index (χ0n) is 9.26. The summed E-state index contributed by atoms with van der Waals surface area (Å²) in [6.45, 7) is 6.51. The maximum Gasteiger partial charge on any atom is 0.0495 e. The summed E-state index contributed by atoms with van der Waals surface area (Å²) in [6.07, 6.45) is 3.80. The van der Waals surface area contributed by atoms with Crippen molar-refractivity contribution in [1.82, 2.24) is 5.32 Å². The lowest BCUT2D eigenvalue weighted by atomic mass is 9.99. The van der Waals surface area contributed by atoms with E-state index >= 15 is 0 Å². The minimum absolute atomic E-state index is 0.815. The van der Waals surface area contributed by atoms with Gasteiger partial charge in [-0.15, -0.1) is 0 Å². The van der Waals surface area contributed by atoms with Crippen molar-refractivity contribution in [1.29, 1.82) is 0 Å². The molecule has 1 rings (SSSR count). The Morgan fingerprint density at radius 1 is 1.36 bits per heavy atom. The monoisotopic (exact) mass is 217 g/mol. The quantitative estimate of drug-likeness (QED) is 0.660. The van der Waals surface area contributed by atoms with E-state index in [0.29, 0.717) is 0 Å². The van der Waals surface area contributed by atoms with E-state index in [-0.39, 0.29) is 0 Å². The fourth-order valence-corrected chi connectivity index (χ4v) is 2.32. The summed E-state index contributed by atoms with van der Waals surface area (Å²) in [6, 6.07) is 0. The first-order chi connectivity index (χ1) is 6.93. The van der Waals surface area contributed by atoms with E-state index in [9.17, 15) is 0 Å². The van der Waals surface area contributed by atoms with Crippen molar-refractivity contribution < 1.29 is 4.74 Å². The molecule has 1 fully saturated rings. The highest BCUT2D eigenvalue weighted by molar-refractivity contribution is 7.99. The maximum atomic E-state index is 5.68. The molecular formula is C11H23NOS. The summed E-state index contributed by atoms with van der Waals surface area (Å²) in [5, 5.41) is 3.37. The molecule has 1 saturated heterocycles. The molecule has 1 aliphatic heterocycles. The maximum absolute atomic E-state index is 5.68. The van der Waals surface area contributed by atoms with Gasteiger partial charge in [0, 0.05) is 13.2 Å². The normalized spacial score (nSPS) is 18.6. The molecule has 84 valence electrons. The number of nitrogens with one attached hydrogen (secondary N) is 1. The molecule has 3 heteroatoms. The molecule has 0 spiro atoms. The van der Waals surface area contributed by atoms with Gasteiger partial charge in [-0.1, -0.05) is 6.92 Å². The summed E-state index contributed by atoms with van der Waals surface area (Å²) < 4.78 is 5.68. The van der Waals surface area contributed by atoms with Crippen LogP contribution in [0.25, 0.3) is 0 Å². The lowest BCUT2D eigenvalue weighted by Gasteiger charge is -2.22. The standard InChI is InChI=1S/C11H23NOS/c1-2-14-9-3-8-13-10-11-4-6-12-7-5-11/h11-12H,2-10H2,1H3. The summed E-state index contributed by atoms with van der Waals surface area (Å²) >= 11 is 2.00. The van der Waals surface area contributed by atoms with Gasteiger partial charge in [-0.3, -0.25) is 0 Å². The summed E-state index contributed by atoms with van der Waals surface area (Å²) in [4.78, 5) is 0. The highest BCUT2D eigenvalue weighted by Crippen LogP contribution is 2.11. The van der Waals surface area contributed by atoms with Gasteiger partial charge in [0.15, 0.2) is 0 Å². The Morgan fingerprint density at radius 3 is 2.86 bits per heavy atom. The molecule has 2 nitrogen and oxygen atoms in total. The molecule has 14 heavy (non-hydrogen) atoms. The predicted octanol–water partition coefficient (Wildman–Crippen LogP) is 2.15. The number of thioether (sulfide) groups is 1. The van der Waals surface area contributed by atoms with Gasteiger partial charge in [0.25, 0.3) is 0 Å². The molecule has 0 bridgehead atoms. The van der Waals surface area contributed by atoms with Crippen LogP contribution in [0.2, 0.25) is 0 Å². The molecule has 0 amide bonds. The Balaban J connectivity index is 1.82. The molecule has 0 atom stereocenters. The molecule has 0 saturated carbocycles. The van der Waals surface area contributed by atoms with Gasteiger partial charge in [-0.05, 0) is 49.8 Å². The van der Waals surface area contributed by atoms with E-state index in [1.165, 1.54) is 43.9 Å². The first-order valence-electron chi connectivity index (χ1n) is 5.79. The number of hydrogen-bond acceptors (Lipinski definition) is 3. The van der Waals surface area contributed by atoms with Gasteiger partial charge in [0.05, 0.1) is 0 Å². The van der Waals surface area contributed by atoms with Gasteiger partial charge < -0.3 is 10.1 Å². The van der Waals surface area contributed by atoms with Crippen LogP contribution in [0.15, 0.2) is 0 Å². The van der Waals surface area contributed by atoms with Crippen LogP contribution < -0.4 is 5.32 Å². The highest BCUT2D eigenvalue weighted by atomic mass is 32.2. The van der Waals surface area contributed by atoms with E-state index in [1.54, 1.807) is 0 Å². The third-order valence-electron chi connectivity index (χ3n) is 2.59. The molecule has 0 radical (unpaired) electrons. The minimum atomic E-state index is 0.815. The van der Waals surface area contributed by atoms with Crippen LogP contribution in [-0.2, 0) is 4.74 Å². The molecule has 0 aromatic heterocycles. The molecule has 1 heterocycles. The van der Waals surface area contributed by atoms with Crippen LogP contribution >= 0.6 is 11.8 Å². The van der Waals surface area contributed by atoms with Crippen molar-refractivity contribution in [2.75, 3.05) is 37.8 Å². The van der Waals surface area contributed by atoms with Gasteiger partial charge in [0.1, 0.15) is 0 Å². The second kappa shape index (κ2) is 8.57. The summed E-state index contributed by atoms with van der Waals surface area (Å²) in [5.74, 6) is 3.30. The van der Waals surface area contributed by atoms with Crippen LogP contribution in [-0.4, -0.2) is 37.8 Å². The molecule has 0 aromatic rings. The second-order valence-electron chi connectivity index (χ2n) is 3.82. The van der Waals surface area contributed by atoms with Crippen LogP contribution in [0.4, 0.5) is 0 Å². The Morgan fingerprint density at radius 2 is 2.14 bits per heavy atom. The molecule has 1 N–H and O–H groups in total. The first kappa shape index (κ1) is 12.3. The second-order valence-corrected chi connectivity index (χ2v) is 5.21. The first-order valence-corrected chi connectivity index (χ1v) is 6.95. The molecular weight excluding hydrogens is 194 g/mol. The molecule has 1 aliphatic rings. The Hall–Kier alpha value is 0.270. The van der Waals surface area contributed by atoms with Gasteiger partial charge >= 0.3 is 0 Å². The number of ether oxygens (including phenoxy) is 1. The highest BCUT2D eigenvalue weighted by Gasteiger charge is 2.12. The van der Waals surface area contributed by atoms with E-state index < -0.39 is 0 Å². The zero-order valence-corrected chi connectivity index (χ0v) is 10.1. The predicted molar refractivity (Wildman–Crippen MR) is 64.0 cm³/mol. The Bertz CT molecular complexity index is 126. The Kier molecular flexibility index (Phi) is 7.55. The zero-order chi connectivity index (χ0) is 10.1. The SMILES string of the molecule is CCSCCCOCC1CCNCC1. The topological polar surface area (TPSA) is 21.3 Å². The van der Waals surface area contributed by atoms with Crippen LogP contribution in [0.3, 0.4) is 0 Å². The smallest absolute Gasteiger partial charge is 0.0495 e. The van der Waals surface area contributed by atoms with Crippen LogP contribution in [0.5, 0.6) is 0 Å². The van der Waals surface area contributed by atoms with E-state index in [4.69, 9.17) is 4.74 Å². The van der Waals surface area contributed by atoms with Crippen molar-refractivity contribution in [3.8, 4) is 0 Å². The number of hydrogen-bond donors (Lipinski definition) is 1. The molecule has 0 aliphatic carbocycles.